The van der Waals surface area contributed by atoms with Crippen molar-refractivity contribution in [3.05, 3.63) is 16.4 Å². The van der Waals surface area contributed by atoms with Gasteiger partial charge in [-0.2, -0.15) is 5.10 Å². The van der Waals surface area contributed by atoms with Crippen LogP contribution in [0.2, 0.25) is 0 Å². The summed E-state index contributed by atoms with van der Waals surface area (Å²) in [4.78, 5) is 0. The standard InChI is InChI=1S/C11H17BrN2O2/c1-16-7-6-14-10(9(12)8-13-14)11(15)4-2-3-5-11/h8,15H,2-7H2,1H3. The van der Waals surface area contributed by atoms with Gasteiger partial charge in [-0.05, 0) is 28.8 Å². The van der Waals surface area contributed by atoms with Crippen molar-refractivity contribution in [2.24, 2.45) is 0 Å². The highest BCUT2D eigenvalue weighted by Crippen LogP contribution is 2.41. The molecule has 0 aromatic carbocycles. The van der Waals surface area contributed by atoms with E-state index in [1.165, 1.54) is 0 Å². The van der Waals surface area contributed by atoms with Crippen LogP contribution in [0.4, 0.5) is 0 Å². The van der Waals surface area contributed by atoms with Gasteiger partial charge in [0.15, 0.2) is 0 Å². The average molecular weight is 289 g/mol. The van der Waals surface area contributed by atoms with E-state index in [0.717, 1.165) is 35.8 Å². The van der Waals surface area contributed by atoms with Crippen molar-refractivity contribution >= 4 is 15.9 Å². The van der Waals surface area contributed by atoms with Gasteiger partial charge >= 0.3 is 0 Å². The molecule has 2 rings (SSSR count). The Morgan fingerprint density at radius 3 is 2.88 bits per heavy atom. The Bertz CT molecular complexity index is 359. The van der Waals surface area contributed by atoms with Gasteiger partial charge in [0.05, 0.1) is 29.5 Å². The van der Waals surface area contributed by atoms with Gasteiger partial charge in [-0.15, -0.1) is 0 Å². The van der Waals surface area contributed by atoms with Crippen LogP contribution in [-0.4, -0.2) is 28.6 Å². The molecule has 0 atom stereocenters. The Kier molecular flexibility index (Phi) is 3.66. The molecule has 1 aliphatic rings. The molecule has 0 bridgehead atoms. The molecule has 5 heteroatoms. The highest BCUT2D eigenvalue weighted by Gasteiger charge is 2.37. The second-order valence-electron chi connectivity index (χ2n) is 4.30. The van der Waals surface area contributed by atoms with Crippen molar-refractivity contribution in [2.75, 3.05) is 13.7 Å². The van der Waals surface area contributed by atoms with Crippen LogP contribution < -0.4 is 0 Å². The highest BCUT2D eigenvalue weighted by atomic mass is 79.9. The van der Waals surface area contributed by atoms with Gasteiger partial charge in [0.2, 0.25) is 0 Å². The maximum Gasteiger partial charge on any atom is 0.107 e. The Balaban J connectivity index is 2.27. The predicted octanol–water partition coefficient (Wildman–Crippen LogP) is 2.05. The van der Waals surface area contributed by atoms with Crippen molar-refractivity contribution in [1.29, 1.82) is 0 Å². The molecule has 1 N–H and O–H groups in total. The topological polar surface area (TPSA) is 47.3 Å². The van der Waals surface area contributed by atoms with Crippen LogP contribution in [-0.2, 0) is 16.9 Å². The smallest absolute Gasteiger partial charge is 0.107 e. The van der Waals surface area contributed by atoms with Gasteiger partial charge in [0.1, 0.15) is 5.60 Å². The minimum atomic E-state index is -0.705. The number of nitrogens with zero attached hydrogens (tertiary/aromatic N) is 2. The van der Waals surface area contributed by atoms with Crippen LogP contribution in [0.5, 0.6) is 0 Å². The summed E-state index contributed by atoms with van der Waals surface area (Å²) in [5, 5.41) is 14.9. The van der Waals surface area contributed by atoms with Crippen LogP contribution in [0.3, 0.4) is 0 Å². The number of hydrogen-bond acceptors (Lipinski definition) is 3. The van der Waals surface area contributed by atoms with E-state index < -0.39 is 5.60 Å². The van der Waals surface area contributed by atoms with E-state index in [4.69, 9.17) is 4.74 Å². The van der Waals surface area contributed by atoms with E-state index in [-0.39, 0.29) is 0 Å². The number of methoxy groups -OCH3 is 1. The maximum atomic E-state index is 10.6. The molecule has 16 heavy (non-hydrogen) atoms. The van der Waals surface area contributed by atoms with Gasteiger partial charge < -0.3 is 9.84 Å². The number of aromatic nitrogens is 2. The number of hydrogen-bond donors (Lipinski definition) is 1. The number of halogens is 1. The summed E-state index contributed by atoms with van der Waals surface area (Å²) < 4.78 is 7.79. The summed E-state index contributed by atoms with van der Waals surface area (Å²) in [6.45, 7) is 1.29. The first-order valence-electron chi connectivity index (χ1n) is 5.60. The number of ether oxygens (including phenoxy) is 1. The van der Waals surface area contributed by atoms with Crippen molar-refractivity contribution in [1.82, 2.24) is 9.78 Å². The molecule has 1 fully saturated rings. The summed E-state index contributed by atoms with van der Waals surface area (Å²) in [5.74, 6) is 0. The predicted molar refractivity (Wildman–Crippen MR) is 64.2 cm³/mol. The Morgan fingerprint density at radius 2 is 2.25 bits per heavy atom. The average Bonchev–Trinajstić information content (AvgIpc) is 2.83. The van der Waals surface area contributed by atoms with Crippen molar-refractivity contribution in [2.45, 2.75) is 37.8 Å². The molecule has 1 heterocycles. The zero-order chi connectivity index (χ0) is 11.6. The fourth-order valence-electron chi connectivity index (χ4n) is 2.37. The highest BCUT2D eigenvalue weighted by molar-refractivity contribution is 9.10. The SMILES string of the molecule is COCCn1ncc(Br)c1C1(O)CCCC1. The fourth-order valence-corrected chi connectivity index (χ4v) is 3.03. The van der Waals surface area contributed by atoms with E-state index in [1.807, 2.05) is 4.68 Å². The molecular formula is C11H17BrN2O2. The summed E-state index contributed by atoms with van der Waals surface area (Å²) in [5.41, 5.74) is 0.199. The second kappa shape index (κ2) is 4.85. The van der Waals surface area contributed by atoms with Gasteiger partial charge in [-0.25, -0.2) is 0 Å². The molecule has 0 radical (unpaired) electrons. The third-order valence-corrected chi connectivity index (χ3v) is 3.75. The molecule has 1 saturated carbocycles. The van der Waals surface area contributed by atoms with Crippen molar-refractivity contribution in [3.8, 4) is 0 Å². The summed E-state index contributed by atoms with van der Waals surface area (Å²) in [7, 11) is 1.67. The Morgan fingerprint density at radius 1 is 1.56 bits per heavy atom. The third-order valence-electron chi connectivity index (χ3n) is 3.17. The van der Waals surface area contributed by atoms with E-state index >= 15 is 0 Å². The molecule has 0 aliphatic heterocycles. The van der Waals surface area contributed by atoms with E-state index in [2.05, 4.69) is 21.0 Å². The molecule has 1 aromatic rings. The molecular weight excluding hydrogens is 272 g/mol. The first-order chi connectivity index (χ1) is 7.67. The minimum absolute atomic E-state index is 0.608. The quantitative estimate of drug-likeness (QED) is 0.923. The van der Waals surface area contributed by atoms with Crippen molar-refractivity contribution < 1.29 is 9.84 Å². The zero-order valence-electron chi connectivity index (χ0n) is 9.45. The first-order valence-corrected chi connectivity index (χ1v) is 6.40. The third kappa shape index (κ3) is 2.17. The molecule has 90 valence electrons. The lowest BCUT2D eigenvalue weighted by Gasteiger charge is -2.24. The Labute approximate surface area is 104 Å². The summed E-state index contributed by atoms with van der Waals surface area (Å²) >= 11 is 3.47. The van der Waals surface area contributed by atoms with Gasteiger partial charge in [-0.1, -0.05) is 12.8 Å². The van der Waals surface area contributed by atoms with Gasteiger partial charge in [0, 0.05) is 7.11 Å². The van der Waals surface area contributed by atoms with Crippen LogP contribution in [0.25, 0.3) is 0 Å². The van der Waals surface area contributed by atoms with Crippen molar-refractivity contribution in [3.63, 3.8) is 0 Å². The lowest BCUT2D eigenvalue weighted by Crippen LogP contribution is -2.27. The molecule has 0 saturated heterocycles. The monoisotopic (exact) mass is 288 g/mol. The molecule has 0 spiro atoms. The summed E-state index contributed by atoms with van der Waals surface area (Å²) in [6.07, 6.45) is 5.56. The maximum absolute atomic E-state index is 10.6. The lowest BCUT2D eigenvalue weighted by atomic mass is 9.98. The first kappa shape index (κ1) is 12.1. The molecule has 1 aliphatic carbocycles. The van der Waals surface area contributed by atoms with E-state index in [0.29, 0.717) is 13.2 Å². The summed E-state index contributed by atoms with van der Waals surface area (Å²) in [6, 6.07) is 0. The molecule has 4 nitrogen and oxygen atoms in total. The van der Waals surface area contributed by atoms with E-state index in [9.17, 15) is 5.11 Å². The minimum Gasteiger partial charge on any atom is -0.384 e. The van der Waals surface area contributed by atoms with Crippen LogP contribution >= 0.6 is 15.9 Å². The van der Waals surface area contributed by atoms with Gasteiger partial charge in [-0.3, -0.25) is 4.68 Å². The molecule has 0 amide bonds. The number of aliphatic hydroxyl groups is 1. The normalized spacial score (nSPS) is 19.2. The largest absolute Gasteiger partial charge is 0.384 e. The zero-order valence-corrected chi connectivity index (χ0v) is 11.0. The second-order valence-corrected chi connectivity index (χ2v) is 5.15. The van der Waals surface area contributed by atoms with E-state index in [1.54, 1.807) is 13.3 Å². The Hall–Kier alpha value is -0.390. The lowest BCUT2D eigenvalue weighted by molar-refractivity contribution is 0.0327. The van der Waals surface area contributed by atoms with Crippen LogP contribution in [0.1, 0.15) is 31.4 Å². The van der Waals surface area contributed by atoms with Gasteiger partial charge in [0.25, 0.3) is 0 Å². The molecule has 1 aromatic heterocycles. The van der Waals surface area contributed by atoms with Crippen LogP contribution in [0.15, 0.2) is 10.7 Å². The fraction of sp³-hybridized carbons (Fsp3) is 0.727. The number of rotatable bonds is 4. The van der Waals surface area contributed by atoms with Crippen LogP contribution in [0, 0.1) is 0 Å². The molecule has 0 unspecified atom stereocenters.